The summed E-state index contributed by atoms with van der Waals surface area (Å²) in [6.07, 6.45) is 0. The minimum Gasteiger partial charge on any atom is -0.545 e. The Bertz CT molecular complexity index is 381. The standard InChI is InChI=1S/C8H5ClO4.2K/c9-5-3-1-2-4(7(10)11)6(5)8(12)13;;/h1-3H,(H,10,11)(H,12,13);;/q;2*+1/p-2. The minimum atomic E-state index is -1.63. The van der Waals surface area contributed by atoms with Gasteiger partial charge in [-0.05, 0) is 6.07 Å². The SMILES string of the molecule is O=C([O-])c1cccc(Cl)c1C(=O)[O-].[K+].[K+]. The predicted molar refractivity (Wildman–Crippen MR) is 40.1 cm³/mol. The number of aromatic carboxylic acids is 2. The van der Waals surface area contributed by atoms with Gasteiger partial charge in [0.05, 0.1) is 17.0 Å². The first kappa shape index (κ1) is 19.1. The molecule has 0 saturated carbocycles. The summed E-state index contributed by atoms with van der Waals surface area (Å²) >= 11 is 5.46. The van der Waals surface area contributed by atoms with E-state index in [1.807, 2.05) is 0 Å². The molecule has 0 amide bonds. The molecule has 0 N–H and O–H groups in total. The molecule has 0 saturated heterocycles. The van der Waals surface area contributed by atoms with Crippen molar-refractivity contribution < 1.29 is 123 Å². The van der Waals surface area contributed by atoms with Crippen molar-refractivity contribution in [1.82, 2.24) is 0 Å². The number of carboxylic acid groups (broad SMARTS) is 2. The van der Waals surface area contributed by atoms with Gasteiger partial charge in [-0.15, -0.1) is 0 Å². The van der Waals surface area contributed by atoms with Crippen LogP contribution in [0.4, 0.5) is 0 Å². The Hall–Kier alpha value is 1.72. The Balaban J connectivity index is 0. The van der Waals surface area contributed by atoms with Crippen LogP contribution in [0, 0.1) is 0 Å². The summed E-state index contributed by atoms with van der Waals surface area (Å²) in [6.45, 7) is 0. The van der Waals surface area contributed by atoms with Gasteiger partial charge < -0.3 is 19.8 Å². The van der Waals surface area contributed by atoms with Crippen LogP contribution in [-0.2, 0) is 0 Å². The van der Waals surface area contributed by atoms with E-state index >= 15 is 0 Å². The fraction of sp³-hybridized carbons (Fsp3) is 0. The molecule has 0 heterocycles. The van der Waals surface area contributed by atoms with Crippen molar-refractivity contribution in [3.63, 3.8) is 0 Å². The van der Waals surface area contributed by atoms with E-state index in [1.165, 1.54) is 12.1 Å². The monoisotopic (exact) mass is 276 g/mol. The fourth-order valence-electron chi connectivity index (χ4n) is 0.902. The van der Waals surface area contributed by atoms with Gasteiger partial charge in [0.2, 0.25) is 0 Å². The average molecular weight is 277 g/mol. The van der Waals surface area contributed by atoms with Gasteiger partial charge in [0.1, 0.15) is 0 Å². The molecular formula is C8H3ClK2O4. The van der Waals surface area contributed by atoms with Crippen molar-refractivity contribution in [2.75, 3.05) is 0 Å². The van der Waals surface area contributed by atoms with Crippen molar-refractivity contribution in [2.45, 2.75) is 0 Å². The van der Waals surface area contributed by atoms with Crippen molar-refractivity contribution in [1.29, 1.82) is 0 Å². The van der Waals surface area contributed by atoms with E-state index in [1.54, 1.807) is 0 Å². The number of carbonyl (C=O) groups excluding carboxylic acids is 2. The molecule has 1 rings (SSSR count). The van der Waals surface area contributed by atoms with Crippen LogP contribution in [0.3, 0.4) is 0 Å². The van der Waals surface area contributed by atoms with E-state index in [2.05, 4.69) is 0 Å². The number of rotatable bonds is 2. The first-order chi connectivity index (χ1) is 6.04. The van der Waals surface area contributed by atoms with Gasteiger partial charge >= 0.3 is 103 Å². The van der Waals surface area contributed by atoms with Gasteiger partial charge in [0.25, 0.3) is 0 Å². The maximum absolute atomic E-state index is 10.5. The van der Waals surface area contributed by atoms with Gasteiger partial charge in [-0.3, -0.25) is 0 Å². The molecule has 7 heteroatoms. The quantitative estimate of drug-likeness (QED) is 0.503. The molecule has 0 bridgehead atoms. The van der Waals surface area contributed by atoms with Crippen molar-refractivity contribution in [2.24, 2.45) is 0 Å². The Labute approximate surface area is 176 Å². The maximum Gasteiger partial charge on any atom is 1.00 e. The molecule has 0 unspecified atom stereocenters. The number of halogens is 1. The van der Waals surface area contributed by atoms with Gasteiger partial charge in [-0.1, -0.05) is 23.7 Å². The molecule has 0 aliphatic heterocycles. The molecule has 15 heavy (non-hydrogen) atoms. The normalized spacial score (nSPS) is 8.33. The number of hydrogen-bond donors (Lipinski definition) is 0. The van der Waals surface area contributed by atoms with Crippen LogP contribution in [0.1, 0.15) is 20.7 Å². The molecule has 0 spiro atoms. The van der Waals surface area contributed by atoms with Crippen LogP contribution in [0.2, 0.25) is 5.02 Å². The zero-order valence-electron chi connectivity index (χ0n) is 8.24. The first-order valence-electron chi connectivity index (χ1n) is 3.25. The molecule has 0 fully saturated rings. The van der Waals surface area contributed by atoms with Crippen LogP contribution in [0.15, 0.2) is 18.2 Å². The van der Waals surface area contributed by atoms with Crippen LogP contribution in [0.5, 0.6) is 0 Å². The van der Waals surface area contributed by atoms with Crippen LogP contribution < -0.4 is 113 Å². The third-order valence-corrected chi connectivity index (χ3v) is 1.75. The fourth-order valence-corrected chi connectivity index (χ4v) is 1.15. The van der Waals surface area contributed by atoms with E-state index < -0.39 is 23.1 Å². The van der Waals surface area contributed by atoms with Gasteiger partial charge in [0, 0.05) is 11.1 Å². The molecule has 4 nitrogen and oxygen atoms in total. The Morgan fingerprint density at radius 3 is 1.93 bits per heavy atom. The van der Waals surface area contributed by atoms with Crippen LogP contribution in [0.25, 0.3) is 0 Å². The molecule has 0 aliphatic carbocycles. The van der Waals surface area contributed by atoms with Gasteiger partial charge in [-0.2, -0.15) is 0 Å². The molecule has 0 aliphatic rings. The summed E-state index contributed by atoms with van der Waals surface area (Å²) in [7, 11) is 0. The molecule has 0 aromatic heterocycles. The predicted octanol–water partition coefficient (Wildman–Crippen LogP) is -6.92. The summed E-state index contributed by atoms with van der Waals surface area (Å²) in [6, 6.07) is 3.67. The second-order valence-corrected chi connectivity index (χ2v) is 2.64. The van der Waals surface area contributed by atoms with Gasteiger partial charge in [0.15, 0.2) is 0 Å². The minimum absolute atomic E-state index is 0. The summed E-state index contributed by atoms with van der Waals surface area (Å²) in [5.74, 6) is -3.23. The van der Waals surface area contributed by atoms with Crippen molar-refractivity contribution >= 4 is 23.5 Å². The summed E-state index contributed by atoms with van der Waals surface area (Å²) in [4.78, 5) is 20.9. The zero-order valence-corrected chi connectivity index (χ0v) is 15.2. The van der Waals surface area contributed by atoms with E-state index in [-0.39, 0.29) is 108 Å². The molecule has 1 aromatic rings. The molecular weight excluding hydrogens is 274 g/mol. The van der Waals surface area contributed by atoms with E-state index in [0.29, 0.717) is 0 Å². The Kier molecular flexibility index (Phi) is 11.1. The number of carbonyl (C=O) groups is 2. The summed E-state index contributed by atoms with van der Waals surface area (Å²) < 4.78 is 0. The summed E-state index contributed by atoms with van der Waals surface area (Å²) in [5, 5.41) is 20.7. The smallest absolute Gasteiger partial charge is 0.545 e. The number of carboxylic acids is 2. The Morgan fingerprint density at radius 2 is 1.60 bits per heavy atom. The third-order valence-electron chi connectivity index (χ3n) is 1.44. The van der Waals surface area contributed by atoms with Crippen molar-refractivity contribution in [3.8, 4) is 0 Å². The largest absolute Gasteiger partial charge is 1.00 e. The van der Waals surface area contributed by atoms with E-state index in [0.717, 1.165) is 6.07 Å². The topological polar surface area (TPSA) is 80.3 Å². The maximum atomic E-state index is 10.5. The van der Waals surface area contributed by atoms with E-state index in [9.17, 15) is 19.8 Å². The zero-order chi connectivity index (χ0) is 10.0. The second kappa shape index (κ2) is 8.76. The van der Waals surface area contributed by atoms with E-state index in [4.69, 9.17) is 11.6 Å². The van der Waals surface area contributed by atoms with Gasteiger partial charge in [-0.25, -0.2) is 0 Å². The molecule has 68 valence electrons. The number of hydrogen-bond acceptors (Lipinski definition) is 4. The van der Waals surface area contributed by atoms with Crippen molar-refractivity contribution in [3.05, 3.63) is 34.3 Å². The molecule has 0 radical (unpaired) electrons. The summed E-state index contributed by atoms with van der Waals surface area (Å²) in [5.41, 5.74) is -1.03. The van der Waals surface area contributed by atoms with Crippen LogP contribution in [-0.4, -0.2) is 11.9 Å². The van der Waals surface area contributed by atoms with Crippen LogP contribution >= 0.6 is 11.6 Å². The second-order valence-electron chi connectivity index (χ2n) is 2.24. The third kappa shape index (κ3) is 5.26. The number of benzene rings is 1. The molecule has 0 atom stereocenters. The Morgan fingerprint density at radius 1 is 1.07 bits per heavy atom. The first-order valence-corrected chi connectivity index (χ1v) is 3.63. The molecule has 1 aromatic carbocycles. The average Bonchev–Trinajstić information content (AvgIpc) is 2.02.